The van der Waals surface area contributed by atoms with Gasteiger partial charge in [0.2, 0.25) is 5.91 Å². The molecule has 4 nitrogen and oxygen atoms in total. The highest BCUT2D eigenvalue weighted by molar-refractivity contribution is 5.75. The van der Waals surface area contributed by atoms with E-state index in [0.29, 0.717) is 6.61 Å². The summed E-state index contributed by atoms with van der Waals surface area (Å²) in [4.78, 5) is 10.2. The first-order valence-corrected chi connectivity index (χ1v) is 3.43. The second-order valence-electron chi connectivity index (χ2n) is 2.02. The van der Waals surface area contributed by atoms with E-state index in [9.17, 15) is 4.79 Å². The Bertz CT molecular complexity index is 134. The molecule has 0 saturated carbocycles. The Balaban J connectivity index is 3.10. The Morgan fingerprint density at radius 2 is 2.45 bits per heavy atom. The molecular weight excluding hydrogens is 144 g/mol. The molecule has 0 aliphatic heterocycles. The second-order valence-corrected chi connectivity index (χ2v) is 2.02. The predicted octanol–water partition coefficient (Wildman–Crippen LogP) is -0.388. The average molecular weight is 158 g/mol. The van der Waals surface area contributed by atoms with Gasteiger partial charge in [-0.05, 0) is 6.20 Å². The number of methoxy groups -OCH3 is 1. The van der Waals surface area contributed by atoms with Crippen LogP contribution in [0.5, 0.6) is 0 Å². The van der Waals surface area contributed by atoms with Crippen LogP contribution in [0.3, 0.4) is 0 Å². The van der Waals surface area contributed by atoms with Crippen LogP contribution < -0.4 is 11.1 Å². The zero-order valence-corrected chi connectivity index (χ0v) is 6.67. The van der Waals surface area contributed by atoms with Gasteiger partial charge in [0.1, 0.15) is 0 Å². The number of amides is 1. The highest BCUT2D eigenvalue weighted by atomic mass is 16.5. The third kappa shape index (κ3) is 8.97. The minimum absolute atomic E-state index is 0.278. The van der Waals surface area contributed by atoms with Gasteiger partial charge in [-0.3, -0.25) is 4.79 Å². The van der Waals surface area contributed by atoms with E-state index in [-0.39, 0.29) is 12.3 Å². The molecular formula is C7H14N2O2. The number of carbonyl (C=O) groups is 1. The van der Waals surface area contributed by atoms with E-state index in [0.717, 1.165) is 6.54 Å². The van der Waals surface area contributed by atoms with E-state index in [1.54, 1.807) is 19.4 Å². The van der Waals surface area contributed by atoms with Gasteiger partial charge in [0.15, 0.2) is 0 Å². The van der Waals surface area contributed by atoms with Gasteiger partial charge in [-0.25, -0.2) is 0 Å². The normalized spacial score (nSPS) is 10.3. The van der Waals surface area contributed by atoms with Gasteiger partial charge in [-0.15, -0.1) is 0 Å². The summed E-state index contributed by atoms with van der Waals surface area (Å²) in [7, 11) is 1.63. The van der Waals surface area contributed by atoms with Crippen molar-refractivity contribution >= 4 is 5.91 Å². The van der Waals surface area contributed by atoms with Gasteiger partial charge < -0.3 is 15.8 Å². The standard InChI is InChI=1S/C7H14N2O2/c1-11-6-5-9-4-2-3-7(8)10/h2,4,9H,3,5-6H2,1H3,(H2,8,10). The number of carbonyl (C=O) groups excluding carboxylic acids is 1. The maximum Gasteiger partial charge on any atom is 0.221 e. The lowest BCUT2D eigenvalue weighted by Crippen LogP contribution is -2.13. The molecule has 0 spiro atoms. The molecule has 0 aromatic carbocycles. The summed E-state index contributed by atoms with van der Waals surface area (Å²) in [6, 6.07) is 0. The highest BCUT2D eigenvalue weighted by Gasteiger charge is 1.84. The van der Waals surface area contributed by atoms with E-state index in [1.807, 2.05) is 0 Å². The van der Waals surface area contributed by atoms with Crippen LogP contribution in [0.25, 0.3) is 0 Å². The number of primary amides is 1. The Labute approximate surface area is 66.4 Å². The predicted molar refractivity (Wildman–Crippen MR) is 42.8 cm³/mol. The summed E-state index contributed by atoms with van der Waals surface area (Å²) in [5.41, 5.74) is 4.89. The first kappa shape index (κ1) is 9.97. The van der Waals surface area contributed by atoms with Gasteiger partial charge >= 0.3 is 0 Å². The third-order valence-corrected chi connectivity index (χ3v) is 1.01. The van der Waals surface area contributed by atoms with Gasteiger partial charge in [0.25, 0.3) is 0 Å². The molecule has 0 rings (SSSR count). The molecule has 0 heterocycles. The number of ether oxygens (including phenoxy) is 1. The molecule has 11 heavy (non-hydrogen) atoms. The quantitative estimate of drug-likeness (QED) is 0.517. The van der Waals surface area contributed by atoms with E-state index < -0.39 is 0 Å². The Kier molecular flexibility index (Phi) is 6.42. The number of nitrogens with one attached hydrogen (secondary N) is 1. The van der Waals surface area contributed by atoms with Crippen LogP contribution >= 0.6 is 0 Å². The molecule has 0 aliphatic rings. The summed E-state index contributed by atoms with van der Waals surface area (Å²) in [6.07, 6.45) is 3.65. The second kappa shape index (κ2) is 7.08. The van der Waals surface area contributed by atoms with Crippen LogP contribution in [0.15, 0.2) is 12.3 Å². The number of rotatable bonds is 6. The monoisotopic (exact) mass is 158 g/mol. The van der Waals surface area contributed by atoms with Crippen molar-refractivity contribution in [1.82, 2.24) is 5.32 Å². The van der Waals surface area contributed by atoms with Crippen molar-refractivity contribution in [2.45, 2.75) is 6.42 Å². The molecule has 64 valence electrons. The number of hydrogen-bond acceptors (Lipinski definition) is 3. The summed E-state index contributed by atoms with van der Waals surface area (Å²) < 4.78 is 4.78. The molecule has 0 saturated heterocycles. The lowest BCUT2D eigenvalue weighted by molar-refractivity contribution is -0.117. The van der Waals surface area contributed by atoms with Gasteiger partial charge in [-0.2, -0.15) is 0 Å². The van der Waals surface area contributed by atoms with Gasteiger partial charge in [-0.1, -0.05) is 6.08 Å². The summed E-state index contributed by atoms with van der Waals surface area (Å²) in [6.45, 7) is 1.40. The molecule has 1 amide bonds. The Morgan fingerprint density at radius 1 is 1.73 bits per heavy atom. The third-order valence-electron chi connectivity index (χ3n) is 1.01. The number of nitrogens with two attached hydrogens (primary N) is 1. The molecule has 0 aromatic heterocycles. The maximum absolute atomic E-state index is 10.2. The van der Waals surface area contributed by atoms with Crippen molar-refractivity contribution in [1.29, 1.82) is 0 Å². The van der Waals surface area contributed by atoms with Crippen molar-refractivity contribution in [2.24, 2.45) is 5.73 Å². The fourth-order valence-corrected chi connectivity index (χ4v) is 0.503. The van der Waals surface area contributed by atoms with Crippen molar-refractivity contribution in [3.63, 3.8) is 0 Å². The van der Waals surface area contributed by atoms with Crippen LogP contribution in [-0.2, 0) is 9.53 Å². The van der Waals surface area contributed by atoms with Gasteiger partial charge in [0, 0.05) is 20.1 Å². The first-order chi connectivity index (χ1) is 5.27. The van der Waals surface area contributed by atoms with Crippen molar-refractivity contribution < 1.29 is 9.53 Å². The lowest BCUT2D eigenvalue weighted by atomic mass is 10.4. The zero-order valence-electron chi connectivity index (χ0n) is 6.67. The maximum atomic E-state index is 10.2. The molecule has 0 aromatic rings. The minimum Gasteiger partial charge on any atom is -0.389 e. The van der Waals surface area contributed by atoms with Gasteiger partial charge in [0.05, 0.1) is 6.61 Å². The fourth-order valence-electron chi connectivity index (χ4n) is 0.503. The van der Waals surface area contributed by atoms with Crippen LogP contribution in [0.4, 0.5) is 0 Å². The molecule has 0 aliphatic carbocycles. The van der Waals surface area contributed by atoms with Crippen molar-refractivity contribution in [3.8, 4) is 0 Å². The Morgan fingerprint density at radius 3 is 3.00 bits per heavy atom. The summed E-state index contributed by atoms with van der Waals surface area (Å²) in [5, 5.41) is 2.93. The summed E-state index contributed by atoms with van der Waals surface area (Å²) in [5.74, 6) is -0.324. The van der Waals surface area contributed by atoms with Crippen molar-refractivity contribution in [2.75, 3.05) is 20.3 Å². The fraction of sp³-hybridized carbons (Fsp3) is 0.571. The molecule has 3 N–H and O–H groups in total. The van der Waals surface area contributed by atoms with Crippen molar-refractivity contribution in [3.05, 3.63) is 12.3 Å². The molecule has 0 bridgehead atoms. The smallest absolute Gasteiger partial charge is 0.221 e. The molecule has 0 atom stereocenters. The first-order valence-electron chi connectivity index (χ1n) is 3.43. The lowest BCUT2D eigenvalue weighted by Gasteiger charge is -1.96. The highest BCUT2D eigenvalue weighted by Crippen LogP contribution is 1.77. The summed E-state index contributed by atoms with van der Waals surface area (Å²) >= 11 is 0. The molecule has 0 radical (unpaired) electrons. The van der Waals surface area contributed by atoms with E-state index in [1.165, 1.54) is 0 Å². The van der Waals surface area contributed by atoms with E-state index in [2.05, 4.69) is 5.32 Å². The zero-order chi connectivity index (χ0) is 8.53. The average Bonchev–Trinajstić information content (AvgIpc) is 1.96. The molecule has 4 heteroatoms. The van der Waals surface area contributed by atoms with E-state index >= 15 is 0 Å². The Hall–Kier alpha value is -1.03. The van der Waals surface area contributed by atoms with Crippen LogP contribution in [-0.4, -0.2) is 26.2 Å². The largest absolute Gasteiger partial charge is 0.389 e. The van der Waals surface area contributed by atoms with Crippen LogP contribution in [0.2, 0.25) is 0 Å². The van der Waals surface area contributed by atoms with E-state index in [4.69, 9.17) is 10.5 Å². The van der Waals surface area contributed by atoms with Crippen LogP contribution in [0, 0.1) is 0 Å². The topological polar surface area (TPSA) is 64.3 Å². The molecule has 0 unspecified atom stereocenters. The minimum atomic E-state index is -0.324. The molecule has 0 fully saturated rings. The SMILES string of the molecule is COCCNC=CCC(N)=O. The number of hydrogen-bond donors (Lipinski definition) is 2. The van der Waals surface area contributed by atoms with Crippen LogP contribution in [0.1, 0.15) is 6.42 Å².